The first kappa shape index (κ1) is 18.5. The molecule has 0 aliphatic carbocycles. The van der Waals surface area contributed by atoms with Crippen molar-refractivity contribution in [1.82, 2.24) is 10.7 Å². The van der Waals surface area contributed by atoms with Gasteiger partial charge in [0.05, 0.1) is 30.7 Å². The molecule has 1 aromatic heterocycles. The highest BCUT2D eigenvalue weighted by Crippen LogP contribution is 2.24. The van der Waals surface area contributed by atoms with E-state index in [9.17, 15) is 9.59 Å². The zero-order chi connectivity index (χ0) is 18.1. The Hall–Kier alpha value is -2.80. The van der Waals surface area contributed by atoms with Crippen LogP contribution in [0.1, 0.15) is 24.7 Å². The van der Waals surface area contributed by atoms with Crippen molar-refractivity contribution in [2.45, 2.75) is 19.9 Å². The fourth-order valence-corrected chi connectivity index (χ4v) is 2.05. The lowest BCUT2D eigenvalue weighted by molar-refractivity contribution is -0.139. The molecule has 0 unspecified atom stereocenters. The molecule has 132 valence electrons. The van der Waals surface area contributed by atoms with Gasteiger partial charge in [0.15, 0.2) is 0 Å². The number of carbonyl (C=O) groups is 2. The van der Waals surface area contributed by atoms with Crippen molar-refractivity contribution in [3.05, 3.63) is 52.9 Å². The number of halogens is 1. The van der Waals surface area contributed by atoms with E-state index in [2.05, 4.69) is 15.8 Å². The summed E-state index contributed by atoms with van der Waals surface area (Å²) in [5.74, 6) is -0.557. The maximum absolute atomic E-state index is 11.6. The molecule has 0 spiro atoms. The van der Waals surface area contributed by atoms with Gasteiger partial charge in [0.2, 0.25) is 0 Å². The van der Waals surface area contributed by atoms with E-state index in [0.717, 1.165) is 6.42 Å². The van der Waals surface area contributed by atoms with Crippen LogP contribution in [0, 0.1) is 0 Å². The summed E-state index contributed by atoms with van der Waals surface area (Å²) in [6, 6.07) is 8.49. The topological polar surface area (TPSA) is 92.9 Å². The maximum Gasteiger partial charge on any atom is 0.329 e. The second-order valence-electron chi connectivity index (χ2n) is 5.00. The minimum absolute atomic E-state index is 0.123. The average molecular weight is 364 g/mol. The molecule has 2 amide bonds. The summed E-state index contributed by atoms with van der Waals surface area (Å²) < 4.78 is 10.5. The van der Waals surface area contributed by atoms with E-state index in [1.807, 2.05) is 6.92 Å². The second kappa shape index (κ2) is 9.48. The Bertz CT molecular complexity index is 744. The Morgan fingerprint density at radius 2 is 2.16 bits per heavy atom. The third-order valence-corrected chi connectivity index (χ3v) is 3.30. The molecule has 0 radical (unpaired) electrons. The molecule has 0 saturated carbocycles. The lowest BCUT2D eigenvalue weighted by Crippen LogP contribution is -2.37. The molecule has 8 heteroatoms. The number of nitrogens with one attached hydrogen (secondary N) is 2. The normalized spacial score (nSPS) is 10.6. The van der Waals surface area contributed by atoms with E-state index in [4.69, 9.17) is 20.8 Å². The first-order chi connectivity index (χ1) is 12.1. The van der Waals surface area contributed by atoms with Crippen LogP contribution in [0.3, 0.4) is 0 Å². The van der Waals surface area contributed by atoms with Gasteiger partial charge in [0.25, 0.3) is 0 Å². The summed E-state index contributed by atoms with van der Waals surface area (Å²) in [4.78, 5) is 23.2. The molecule has 1 heterocycles. The van der Waals surface area contributed by atoms with Crippen LogP contribution in [0.2, 0.25) is 5.02 Å². The number of rotatable bonds is 7. The largest absolute Gasteiger partial charge is 0.492 e. The monoisotopic (exact) mass is 363 g/mol. The number of carbonyl (C=O) groups excluding carboxylic acids is 2. The van der Waals surface area contributed by atoms with Crippen LogP contribution in [-0.4, -0.2) is 24.6 Å². The van der Waals surface area contributed by atoms with Crippen molar-refractivity contribution in [3.63, 3.8) is 0 Å². The van der Waals surface area contributed by atoms with Crippen LogP contribution in [0.4, 0.5) is 0 Å². The Labute approximate surface area is 150 Å². The minimum Gasteiger partial charge on any atom is -0.492 e. The smallest absolute Gasteiger partial charge is 0.329 e. The summed E-state index contributed by atoms with van der Waals surface area (Å²) in [7, 11) is 0. The summed E-state index contributed by atoms with van der Waals surface area (Å²) >= 11 is 6.10. The quantitative estimate of drug-likeness (QED) is 0.449. The van der Waals surface area contributed by atoms with E-state index in [1.54, 1.807) is 30.3 Å². The summed E-state index contributed by atoms with van der Waals surface area (Å²) in [5, 5.41) is 6.59. The van der Waals surface area contributed by atoms with Crippen molar-refractivity contribution in [2.24, 2.45) is 5.10 Å². The molecule has 2 N–H and O–H groups in total. The lowest BCUT2D eigenvalue weighted by atomic mass is 10.2. The third-order valence-electron chi connectivity index (χ3n) is 3.01. The van der Waals surface area contributed by atoms with E-state index < -0.39 is 11.8 Å². The third kappa shape index (κ3) is 5.96. The van der Waals surface area contributed by atoms with Crippen LogP contribution >= 0.6 is 11.6 Å². The van der Waals surface area contributed by atoms with Gasteiger partial charge in [0.1, 0.15) is 11.5 Å². The molecule has 0 fully saturated rings. The molecule has 7 nitrogen and oxygen atoms in total. The Kier molecular flexibility index (Phi) is 7.03. The van der Waals surface area contributed by atoms with Crippen LogP contribution in [-0.2, 0) is 16.1 Å². The molecule has 1 aromatic carbocycles. The van der Waals surface area contributed by atoms with E-state index in [1.165, 1.54) is 12.5 Å². The zero-order valence-electron chi connectivity index (χ0n) is 13.6. The number of furan rings is 1. The van der Waals surface area contributed by atoms with Gasteiger partial charge >= 0.3 is 11.8 Å². The molecular weight excluding hydrogens is 346 g/mol. The molecular formula is C17H18ClN3O4. The van der Waals surface area contributed by atoms with Gasteiger partial charge in [0, 0.05) is 0 Å². The van der Waals surface area contributed by atoms with Crippen LogP contribution in [0.25, 0.3) is 0 Å². The fourth-order valence-electron chi connectivity index (χ4n) is 1.80. The first-order valence-corrected chi connectivity index (χ1v) is 8.04. The molecule has 0 aliphatic rings. The minimum atomic E-state index is -0.878. The van der Waals surface area contributed by atoms with Gasteiger partial charge in [-0.2, -0.15) is 5.10 Å². The molecule has 0 atom stereocenters. The van der Waals surface area contributed by atoms with Gasteiger partial charge < -0.3 is 14.5 Å². The highest BCUT2D eigenvalue weighted by atomic mass is 35.5. The molecule has 2 rings (SSSR count). The standard InChI is InChI=1S/C17H18ClN3O4/c1-2-7-25-15-6-5-12(9-14(15)18)10-20-21-17(23)16(22)19-11-13-4-3-8-24-13/h3-6,8-10H,2,7,11H2,1H3,(H,19,22)(H,21,23)/b20-10-. The fraction of sp³-hybridized carbons (Fsp3) is 0.235. The van der Waals surface area contributed by atoms with Gasteiger partial charge in [-0.25, -0.2) is 5.43 Å². The van der Waals surface area contributed by atoms with Gasteiger partial charge in [-0.05, 0) is 42.3 Å². The number of amides is 2. The number of hydrazone groups is 1. The van der Waals surface area contributed by atoms with Crippen molar-refractivity contribution in [1.29, 1.82) is 0 Å². The van der Waals surface area contributed by atoms with Gasteiger partial charge in [-0.3, -0.25) is 9.59 Å². The van der Waals surface area contributed by atoms with Crippen molar-refractivity contribution < 1.29 is 18.7 Å². The first-order valence-electron chi connectivity index (χ1n) is 7.66. The number of ether oxygens (including phenoxy) is 1. The Balaban J connectivity index is 1.82. The molecule has 0 saturated heterocycles. The van der Waals surface area contributed by atoms with Gasteiger partial charge in [-0.1, -0.05) is 18.5 Å². The Morgan fingerprint density at radius 3 is 2.84 bits per heavy atom. The number of hydrogen-bond donors (Lipinski definition) is 2. The van der Waals surface area contributed by atoms with E-state index in [-0.39, 0.29) is 6.54 Å². The number of benzene rings is 1. The molecule has 0 aliphatic heterocycles. The predicted octanol–water partition coefficient (Wildman–Crippen LogP) is 2.49. The molecule has 0 bridgehead atoms. The number of hydrogen-bond acceptors (Lipinski definition) is 5. The summed E-state index contributed by atoms with van der Waals surface area (Å²) in [5.41, 5.74) is 2.80. The Morgan fingerprint density at radius 1 is 1.32 bits per heavy atom. The van der Waals surface area contributed by atoms with Gasteiger partial charge in [-0.15, -0.1) is 0 Å². The van der Waals surface area contributed by atoms with Crippen molar-refractivity contribution in [3.8, 4) is 5.75 Å². The van der Waals surface area contributed by atoms with E-state index in [0.29, 0.717) is 28.7 Å². The highest BCUT2D eigenvalue weighted by Gasteiger charge is 2.12. The summed E-state index contributed by atoms with van der Waals surface area (Å²) in [6.07, 6.45) is 3.75. The molecule has 2 aromatic rings. The van der Waals surface area contributed by atoms with Crippen LogP contribution < -0.4 is 15.5 Å². The average Bonchev–Trinajstić information content (AvgIpc) is 3.12. The van der Waals surface area contributed by atoms with Crippen molar-refractivity contribution in [2.75, 3.05) is 6.61 Å². The van der Waals surface area contributed by atoms with Crippen LogP contribution in [0.5, 0.6) is 5.75 Å². The number of nitrogens with zero attached hydrogens (tertiary/aromatic N) is 1. The van der Waals surface area contributed by atoms with E-state index >= 15 is 0 Å². The zero-order valence-corrected chi connectivity index (χ0v) is 14.4. The highest BCUT2D eigenvalue weighted by molar-refractivity contribution is 6.35. The lowest BCUT2D eigenvalue weighted by Gasteiger charge is -2.06. The van der Waals surface area contributed by atoms with Crippen molar-refractivity contribution >= 4 is 29.6 Å². The molecule has 25 heavy (non-hydrogen) atoms. The SMILES string of the molecule is CCCOc1ccc(/C=N\NC(=O)C(=O)NCc2ccco2)cc1Cl. The van der Waals surface area contributed by atoms with Crippen LogP contribution in [0.15, 0.2) is 46.1 Å². The second-order valence-corrected chi connectivity index (χ2v) is 5.41. The predicted molar refractivity (Wildman–Crippen MR) is 93.5 cm³/mol. The summed E-state index contributed by atoms with van der Waals surface area (Å²) in [6.45, 7) is 2.70. The maximum atomic E-state index is 11.6.